The third-order valence-corrected chi connectivity index (χ3v) is 16.9. The number of alkyl halides is 48. The molecule has 0 aromatic heterocycles. The topological polar surface area (TPSA) is 0 Å². The van der Waals surface area contributed by atoms with Crippen molar-refractivity contribution in [3.05, 3.63) is 235 Å². The summed E-state index contributed by atoms with van der Waals surface area (Å²) in [5.41, 5.74) is -60.4. The molecule has 0 saturated carbocycles. The van der Waals surface area contributed by atoms with Gasteiger partial charge in [0.25, 0.3) is 0 Å². The first kappa shape index (κ1) is 98.8. The second-order valence-electron chi connectivity index (χ2n) is 24.4. The van der Waals surface area contributed by atoms with Gasteiger partial charge < -0.3 is 0 Å². The molecule has 8 rings (SSSR count). The first-order valence-corrected chi connectivity index (χ1v) is 29.2. The van der Waals surface area contributed by atoms with Gasteiger partial charge in [0.2, 0.25) is 0 Å². The molecule has 0 aliphatic heterocycles. The van der Waals surface area contributed by atoms with Crippen molar-refractivity contribution >= 4 is 56.0 Å². The van der Waals surface area contributed by atoms with Crippen LogP contribution >= 0.6 is 0 Å². The largest absolute Gasteiger partial charge is 1.00 e. The average molecular weight is 1860 g/mol. The Labute approximate surface area is 649 Å². The number of rotatable bonds is 8. The molecule has 0 atom stereocenters. The van der Waals surface area contributed by atoms with Gasteiger partial charge in [0.05, 0.1) is 89.0 Å². The van der Waals surface area contributed by atoms with Crippen molar-refractivity contribution in [1.29, 1.82) is 0 Å². The Balaban J connectivity index is 0.000000407. The molecule has 116 heavy (non-hydrogen) atoms. The fourth-order valence-electron chi connectivity index (χ4n) is 12.1. The maximum absolute atomic E-state index is 14.2. The summed E-state index contributed by atoms with van der Waals surface area (Å²) < 4.78 is 682. The summed E-state index contributed by atoms with van der Waals surface area (Å²) in [6.45, 7) is 0. The van der Waals surface area contributed by atoms with Crippen LogP contribution in [-0.4, -0.2) is 12.3 Å². The van der Waals surface area contributed by atoms with Crippen molar-refractivity contribution in [3.63, 3.8) is 0 Å². The molecule has 0 heterocycles. The first-order valence-electron chi connectivity index (χ1n) is 29.2. The first-order chi connectivity index (χ1) is 50.5. The summed E-state index contributed by atoms with van der Waals surface area (Å²) in [7, 11) is 0. The van der Waals surface area contributed by atoms with Crippen LogP contribution in [0.4, 0.5) is 211 Å². The SMILES string of the molecule is FC(F)(F)c1cc([B-](c2cc(C(F)(F)F)cc(C(F)(F)F)c2)(c2cc(C(F)(F)F)cc(C(F)(F)F)c2)c2cc(C(F)(F)F)cc(C(F)(F)F)c2)cc(C(F)(F)F)c1.FC(F)(F)c1cc([B-](c2cc(C(F)(F)F)cc(C(F)(F)F)c2)(c2cc(C(F)(F)F)cc(C(F)(F)F)c2)c2cc(C(F)(F)F)cc(C(F)(F)F)c2)cc(C(F)(F)F)c1.[Ag+].[Na+]. The predicted octanol–water partition coefficient (Wildman–Crippen LogP) is 19.4. The minimum atomic E-state index is -6.13. The van der Waals surface area contributed by atoms with Crippen LogP contribution in [0, 0.1) is 0 Å². The fraction of sp³-hybridized carbons (Fsp3) is 0.250. The minimum absolute atomic E-state index is 0. The Bertz CT molecular complexity index is 3720. The van der Waals surface area contributed by atoms with Crippen molar-refractivity contribution in [2.45, 2.75) is 98.8 Å². The molecule has 634 valence electrons. The fourth-order valence-corrected chi connectivity index (χ4v) is 12.1. The normalized spacial score (nSPS) is 14.1. The molecule has 0 spiro atoms. The van der Waals surface area contributed by atoms with E-state index in [4.69, 9.17) is 0 Å². The van der Waals surface area contributed by atoms with Gasteiger partial charge in [-0.05, 0) is 48.5 Å². The van der Waals surface area contributed by atoms with E-state index in [0.29, 0.717) is 0 Å². The Hall–Kier alpha value is -7.73. The average Bonchev–Trinajstić information content (AvgIpc) is 0.711. The standard InChI is InChI=1S/2C32H12BF24.Ag.Na/c2*34-25(35,36)13-1-14(26(37,38)39)6-21(5-13)33(22-7-15(27(40,41)42)2-16(8-22)28(43,44)45,23-9-17(29(46,47)48)3-18(10-23)30(49,50)51)24-11-19(31(52,53)54)4-20(12-24)32(55,56)57;;/h2*1-12H;;/q2*-1;2*+1. The number of hydrogen-bond acceptors (Lipinski definition) is 0. The van der Waals surface area contributed by atoms with Crippen LogP contribution in [0.25, 0.3) is 0 Å². The van der Waals surface area contributed by atoms with Crippen LogP contribution in [0.1, 0.15) is 89.0 Å². The second kappa shape index (κ2) is 31.4. The Kier molecular flexibility index (Phi) is 26.8. The van der Waals surface area contributed by atoms with Crippen molar-refractivity contribution in [1.82, 2.24) is 0 Å². The van der Waals surface area contributed by atoms with Gasteiger partial charge in [-0.25, -0.2) is 0 Å². The van der Waals surface area contributed by atoms with E-state index in [9.17, 15) is 211 Å². The van der Waals surface area contributed by atoms with Gasteiger partial charge in [-0.2, -0.15) is 254 Å². The molecule has 8 aromatic carbocycles. The Morgan fingerprint density at radius 1 is 0.112 bits per heavy atom. The van der Waals surface area contributed by atoms with Gasteiger partial charge >= 0.3 is 151 Å². The monoisotopic (exact) mass is 1860 g/mol. The predicted molar refractivity (Wildman–Crippen MR) is 300 cm³/mol. The van der Waals surface area contributed by atoms with E-state index >= 15 is 0 Å². The molecule has 0 amide bonds. The molecule has 0 bridgehead atoms. The molecular weight excluding hydrogens is 1830 g/mol. The molecule has 0 unspecified atom stereocenters. The summed E-state index contributed by atoms with van der Waals surface area (Å²) in [5, 5.41) is 0. The van der Waals surface area contributed by atoms with E-state index in [1.165, 1.54) is 0 Å². The smallest absolute Gasteiger partial charge is 0.194 e. The Morgan fingerprint density at radius 3 is 0.207 bits per heavy atom. The van der Waals surface area contributed by atoms with Gasteiger partial charge in [0.1, 0.15) is 12.3 Å². The Morgan fingerprint density at radius 2 is 0.164 bits per heavy atom. The summed E-state index contributed by atoms with van der Waals surface area (Å²) in [6, 6.07) is -17.6. The molecule has 0 aliphatic carbocycles. The third kappa shape index (κ3) is 21.8. The van der Waals surface area contributed by atoms with Crippen molar-refractivity contribution in [2.24, 2.45) is 0 Å². The van der Waals surface area contributed by atoms with Gasteiger partial charge in [0, 0.05) is 0 Å². The van der Waals surface area contributed by atoms with Crippen LogP contribution < -0.4 is 73.3 Å². The second-order valence-corrected chi connectivity index (χ2v) is 24.4. The van der Waals surface area contributed by atoms with Gasteiger partial charge in [-0.3, -0.25) is 0 Å². The number of benzene rings is 8. The molecule has 0 nitrogen and oxygen atoms in total. The van der Waals surface area contributed by atoms with Crippen molar-refractivity contribution < 1.29 is 263 Å². The molecule has 8 aromatic rings. The van der Waals surface area contributed by atoms with Crippen LogP contribution in [0.2, 0.25) is 0 Å². The summed E-state index contributed by atoms with van der Waals surface area (Å²) in [4.78, 5) is 0. The van der Waals surface area contributed by atoms with Crippen LogP contribution in [0.5, 0.6) is 0 Å². The van der Waals surface area contributed by atoms with Gasteiger partial charge in [-0.1, -0.05) is 97.1 Å². The van der Waals surface area contributed by atoms with Gasteiger partial charge in [-0.15, -0.1) is 0 Å². The summed E-state index contributed by atoms with van der Waals surface area (Å²) in [6.07, 6.45) is -110. The van der Waals surface area contributed by atoms with E-state index in [0.717, 1.165) is 0 Å². The maximum atomic E-state index is 14.2. The van der Waals surface area contributed by atoms with Crippen molar-refractivity contribution in [3.8, 4) is 0 Å². The quantitative estimate of drug-likeness (QED) is 0.105. The number of halogens is 48. The summed E-state index contributed by atoms with van der Waals surface area (Å²) in [5.74, 6) is 0. The number of hydrogen-bond donors (Lipinski definition) is 0. The zero-order valence-electron chi connectivity index (χ0n) is 54.5. The molecule has 0 aliphatic rings. The molecule has 0 N–H and O–H groups in total. The molecule has 0 fully saturated rings. The van der Waals surface area contributed by atoms with Crippen LogP contribution in [0.15, 0.2) is 146 Å². The molecule has 0 radical (unpaired) electrons. The van der Waals surface area contributed by atoms with Crippen LogP contribution in [0.3, 0.4) is 0 Å². The van der Waals surface area contributed by atoms with E-state index in [1.807, 2.05) is 0 Å². The zero-order valence-corrected chi connectivity index (χ0v) is 57.9. The zero-order chi connectivity index (χ0) is 87.8. The van der Waals surface area contributed by atoms with E-state index in [-0.39, 0.29) is 51.9 Å². The molecular formula is C64H24AgB2F48Na. The van der Waals surface area contributed by atoms with E-state index < -0.39 is 389 Å². The van der Waals surface area contributed by atoms with E-state index in [1.54, 1.807) is 0 Å². The summed E-state index contributed by atoms with van der Waals surface area (Å²) >= 11 is 0. The van der Waals surface area contributed by atoms with Gasteiger partial charge in [0.15, 0.2) is 0 Å². The van der Waals surface area contributed by atoms with E-state index in [2.05, 4.69) is 0 Å². The third-order valence-electron chi connectivity index (χ3n) is 16.9. The minimum Gasteiger partial charge on any atom is -0.194 e. The van der Waals surface area contributed by atoms with Crippen LogP contribution in [-0.2, 0) is 121 Å². The van der Waals surface area contributed by atoms with Crippen molar-refractivity contribution in [2.75, 3.05) is 0 Å². The maximum Gasteiger partial charge on any atom is 1.00 e. The molecule has 52 heteroatoms. The molecule has 0 saturated heterocycles.